The topological polar surface area (TPSA) is 99.4 Å². The summed E-state index contributed by atoms with van der Waals surface area (Å²) in [5.74, 6) is -0.474. The predicted molar refractivity (Wildman–Crippen MR) is 99.8 cm³/mol. The molecule has 2 aromatic heterocycles. The lowest BCUT2D eigenvalue weighted by Crippen LogP contribution is -2.18. The SMILES string of the molecule is O=C(O)c1cnc(-c2ncn(C3CCCCO3)n2)cc1OCc1ccccc1. The molecule has 0 radical (unpaired) electrons. The van der Waals surface area contributed by atoms with Crippen LogP contribution in [0.15, 0.2) is 48.9 Å². The Balaban J connectivity index is 1.57. The zero-order chi connectivity index (χ0) is 19.3. The molecule has 1 aliphatic rings. The summed E-state index contributed by atoms with van der Waals surface area (Å²) in [4.78, 5) is 20.0. The number of aromatic nitrogens is 4. The van der Waals surface area contributed by atoms with Crippen molar-refractivity contribution < 1.29 is 19.4 Å². The van der Waals surface area contributed by atoms with E-state index in [1.54, 1.807) is 17.1 Å². The summed E-state index contributed by atoms with van der Waals surface area (Å²) in [5.41, 5.74) is 1.38. The van der Waals surface area contributed by atoms with E-state index < -0.39 is 5.97 Å². The lowest BCUT2D eigenvalue weighted by Gasteiger charge is -2.21. The van der Waals surface area contributed by atoms with Crippen LogP contribution in [0.3, 0.4) is 0 Å². The summed E-state index contributed by atoms with van der Waals surface area (Å²) in [6.45, 7) is 0.964. The molecule has 8 heteroatoms. The summed E-state index contributed by atoms with van der Waals surface area (Å²) >= 11 is 0. The molecular formula is C20H20N4O4. The Morgan fingerprint density at radius 1 is 1.25 bits per heavy atom. The van der Waals surface area contributed by atoms with Crippen LogP contribution in [0.2, 0.25) is 0 Å². The Morgan fingerprint density at radius 3 is 2.86 bits per heavy atom. The smallest absolute Gasteiger partial charge is 0.341 e. The monoisotopic (exact) mass is 380 g/mol. The first-order valence-electron chi connectivity index (χ1n) is 9.14. The van der Waals surface area contributed by atoms with Crippen LogP contribution in [-0.4, -0.2) is 37.4 Å². The van der Waals surface area contributed by atoms with Crippen molar-refractivity contribution in [2.45, 2.75) is 32.1 Å². The first-order valence-corrected chi connectivity index (χ1v) is 9.14. The average Bonchev–Trinajstić information content (AvgIpc) is 3.24. The lowest BCUT2D eigenvalue weighted by molar-refractivity contribution is -0.0395. The minimum Gasteiger partial charge on any atom is -0.488 e. The van der Waals surface area contributed by atoms with Gasteiger partial charge in [-0.25, -0.2) is 14.5 Å². The van der Waals surface area contributed by atoms with Crippen LogP contribution >= 0.6 is 0 Å². The van der Waals surface area contributed by atoms with E-state index in [0.717, 1.165) is 24.8 Å². The van der Waals surface area contributed by atoms with Crippen molar-refractivity contribution in [1.82, 2.24) is 19.7 Å². The van der Waals surface area contributed by atoms with Crippen molar-refractivity contribution >= 4 is 5.97 Å². The third kappa shape index (κ3) is 4.01. The Morgan fingerprint density at radius 2 is 2.11 bits per heavy atom. The van der Waals surface area contributed by atoms with Crippen molar-refractivity contribution in [3.8, 4) is 17.3 Å². The summed E-state index contributed by atoms with van der Waals surface area (Å²) in [5, 5.41) is 13.9. The molecule has 3 heterocycles. The predicted octanol–water partition coefficient (Wildman–Crippen LogP) is 3.32. The molecule has 28 heavy (non-hydrogen) atoms. The molecular weight excluding hydrogens is 360 g/mol. The van der Waals surface area contributed by atoms with Crippen LogP contribution in [0, 0.1) is 0 Å². The molecule has 4 rings (SSSR count). The van der Waals surface area contributed by atoms with Crippen LogP contribution in [-0.2, 0) is 11.3 Å². The number of rotatable bonds is 6. The molecule has 1 fully saturated rings. The van der Waals surface area contributed by atoms with E-state index >= 15 is 0 Å². The van der Waals surface area contributed by atoms with Gasteiger partial charge in [-0.1, -0.05) is 30.3 Å². The second-order valence-electron chi connectivity index (χ2n) is 6.51. The third-order valence-electron chi connectivity index (χ3n) is 4.52. The summed E-state index contributed by atoms with van der Waals surface area (Å²) < 4.78 is 13.2. The molecule has 0 amide bonds. The van der Waals surface area contributed by atoms with E-state index in [2.05, 4.69) is 15.1 Å². The molecule has 1 N–H and O–H groups in total. The van der Waals surface area contributed by atoms with Crippen molar-refractivity contribution in [2.75, 3.05) is 6.61 Å². The number of aromatic carboxylic acids is 1. The number of carbonyl (C=O) groups is 1. The number of carboxylic acids is 1. The van der Waals surface area contributed by atoms with Crippen LogP contribution in [0.1, 0.15) is 41.4 Å². The molecule has 0 saturated carbocycles. The normalized spacial score (nSPS) is 16.6. The van der Waals surface area contributed by atoms with Gasteiger partial charge in [0.1, 0.15) is 29.9 Å². The summed E-state index contributed by atoms with van der Waals surface area (Å²) in [7, 11) is 0. The van der Waals surface area contributed by atoms with Crippen molar-refractivity contribution in [2.24, 2.45) is 0 Å². The quantitative estimate of drug-likeness (QED) is 0.700. The molecule has 0 aliphatic carbocycles. The number of benzene rings is 1. The maximum absolute atomic E-state index is 11.5. The molecule has 1 atom stereocenters. The average molecular weight is 380 g/mol. The number of carboxylic acid groups (broad SMARTS) is 1. The van der Waals surface area contributed by atoms with Gasteiger partial charge in [0, 0.05) is 18.9 Å². The standard InChI is InChI=1S/C20H20N4O4/c25-20(26)15-11-21-16(10-17(15)28-12-14-6-2-1-3-7-14)19-22-13-24(23-19)18-8-4-5-9-27-18/h1-3,6-7,10-11,13,18H,4-5,8-9,12H2,(H,25,26). The van der Waals surface area contributed by atoms with Crippen molar-refractivity contribution in [1.29, 1.82) is 0 Å². The number of pyridine rings is 1. The minimum absolute atomic E-state index is 0.00488. The van der Waals surface area contributed by atoms with Gasteiger partial charge < -0.3 is 14.6 Å². The maximum atomic E-state index is 11.5. The van der Waals surface area contributed by atoms with E-state index in [1.165, 1.54) is 6.20 Å². The molecule has 1 aromatic carbocycles. The van der Waals surface area contributed by atoms with Gasteiger partial charge in [-0.05, 0) is 24.8 Å². The lowest BCUT2D eigenvalue weighted by atomic mass is 10.2. The molecule has 1 aliphatic heterocycles. The number of nitrogens with zero attached hydrogens (tertiary/aromatic N) is 4. The molecule has 144 valence electrons. The van der Waals surface area contributed by atoms with Crippen LogP contribution in [0.25, 0.3) is 11.5 Å². The summed E-state index contributed by atoms with van der Waals surface area (Å²) in [6, 6.07) is 11.1. The van der Waals surface area contributed by atoms with Gasteiger partial charge >= 0.3 is 5.97 Å². The van der Waals surface area contributed by atoms with E-state index in [-0.39, 0.29) is 24.1 Å². The molecule has 0 spiro atoms. The van der Waals surface area contributed by atoms with Gasteiger partial charge in [0.15, 0.2) is 12.1 Å². The number of hydrogen-bond acceptors (Lipinski definition) is 6. The highest BCUT2D eigenvalue weighted by Crippen LogP contribution is 2.26. The Hall–Kier alpha value is -3.26. The highest BCUT2D eigenvalue weighted by Gasteiger charge is 2.20. The van der Waals surface area contributed by atoms with E-state index in [0.29, 0.717) is 18.1 Å². The van der Waals surface area contributed by atoms with Gasteiger partial charge in [-0.3, -0.25) is 4.98 Å². The van der Waals surface area contributed by atoms with Gasteiger partial charge in [0.05, 0.1) is 0 Å². The zero-order valence-electron chi connectivity index (χ0n) is 15.2. The fourth-order valence-electron chi connectivity index (χ4n) is 3.04. The van der Waals surface area contributed by atoms with E-state index in [9.17, 15) is 9.90 Å². The molecule has 0 bridgehead atoms. The van der Waals surface area contributed by atoms with Gasteiger partial charge in [0.25, 0.3) is 0 Å². The first kappa shape index (κ1) is 18.1. The van der Waals surface area contributed by atoms with Crippen LogP contribution in [0.4, 0.5) is 0 Å². The third-order valence-corrected chi connectivity index (χ3v) is 4.52. The highest BCUT2D eigenvalue weighted by atomic mass is 16.5. The fourth-order valence-corrected chi connectivity index (χ4v) is 3.04. The van der Waals surface area contributed by atoms with Crippen molar-refractivity contribution in [3.63, 3.8) is 0 Å². The number of ether oxygens (including phenoxy) is 2. The fraction of sp³-hybridized carbons (Fsp3) is 0.300. The second kappa shape index (κ2) is 8.18. The molecule has 1 saturated heterocycles. The Kier molecular flexibility index (Phi) is 5.29. The molecule has 8 nitrogen and oxygen atoms in total. The highest BCUT2D eigenvalue weighted by molar-refractivity contribution is 5.91. The zero-order valence-corrected chi connectivity index (χ0v) is 15.2. The molecule has 3 aromatic rings. The largest absolute Gasteiger partial charge is 0.488 e. The van der Waals surface area contributed by atoms with Crippen molar-refractivity contribution in [3.05, 3.63) is 60.0 Å². The van der Waals surface area contributed by atoms with Gasteiger partial charge in [-0.2, -0.15) is 0 Å². The van der Waals surface area contributed by atoms with Gasteiger partial charge in [-0.15, -0.1) is 5.10 Å². The number of hydrogen-bond donors (Lipinski definition) is 1. The van der Waals surface area contributed by atoms with Crippen LogP contribution in [0.5, 0.6) is 5.75 Å². The second-order valence-corrected chi connectivity index (χ2v) is 6.51. The molecule has 1 unspecified atom stereocenters. The van der Waals surface area contributed by atoms with Gasteiger partial charge in [0.2, 0.25) is 0 Å². The van der Waals surface area contributed by atoms with Crippen LogP contribution < -0.4 is 4.74 Å². The summed E-state index contributed by atoms with van der Waals surface area (Å²) in [6.07, 6.45) is 5.79. The maximum Gasteiger partial charge on any atom is 0.341 e. The Labute approximate surface area is 161 Å². The van der Waals surface area contributed by atoms with E-state index in [4.69, 9.17) is 9.47 Å². The Bertz CT molecular complexity index is 952. The minimum atomic E-state index is -1.10. The van der Waals surface area contributed by atoms with E-state index in [1.807, 2.05) is 30.3 Å². The first-order chi connectivity index (χ1) is 13.7.